The number of hydrogen-bond acceptors (Lipinski definition) is 4. The van der Waals surface area contributed by atoms with E-state index in [2.05, 4.69) is 16.8 Å². The minimum atomic E-state index is 0.0785. The summed E-state index contributed by atoms with van der Waals surface area (Å²) in [7, 11) is 0. The van der Waals surface area contributed by atoms with Crippen LogP contribution in [0.4, 0.5) is 5.82 Å². The number of carbonyl (C=O) groups is 1. The first-order valence-corrected chi connectivity index (χ1v) is 5.01. The molecule has 0 amide bonds. The fourth-order valence-electron chi connectivity index (χ4n) is 0.755. The molecule has 0 aliphatic heterocycles. The zero-order valence-electron chi connectivity index (χ0n) is 7.78. The number of thioether (sulfide) groups is 1. The lowest BCUT2D eigenvalue weighted by atomic mass is 10.3. The van der Waals surface area contributed by atoms with Crippen molar-refractivity contribution >= 4 is 22.7 Å². The highest BCUT2D eigenvalue weighted by Gasteiger charge is 1.89. The average molecular weight is 206 g/mol. The van der Waals surface area contributed by atoms with E-state index in [9.17, 15) is 4.79 Å². The Kier molecular flexibility index (Phi) is 4.02. The second-order valence-corrected chi connectivity index (χ2v) is 3.71. The molecule has 4 heteroatoms. The van der Waals surface area contributed by atoms with Gasteiger partial charge in [-0.2, -0.15) is 0 Å². The predicted octanol–water partition coefficient (Wildman–Crippen LogP) is 1.30. The van der Waals surface area contributed by atoms with Crippen molar-refractivity contribution in [2.45, 2.75) is 6.92 Å². The SMILES string of the molecule is CC(=O)SCC#Cc1ccc(N)nc1. The first-order valence-electron chi connectivity index (χ1n) is 4.02. The fourth-order valence-corrected chi connectivity index (χ4v) is 1.10. The summed E-state index contributed by atoms with van der Waals surface area (Å²) in [4.78, 5) is 14.5. The minimum absolute atomic E-state index is 0.0785. The van der Waals surface area contributed by atoms with E-state index in [4.69, 9.17) is 5.73 Å². The van der Waals surface area contributed by atoms with Gasteiger partial charge in [0.25, 0.3) is 0 Å². The first-order chi connectivity index (χ1) is 6.68. The Labute approximate surface area is 87.1 Å². The normalized spacial score (nSPS) is 8.93. The van der Waals surface area contributed by atoms with Crippen LogP contribution in [0.3, 0.4) is 0 Å². The third kappa shape index (κ3) is 3.97. The van der Waals surface area contributed by atoms with Gasteiger partial charge >= 0.3 is 0 Å². The average Bonchev–Trinajstić information content (AvgIpc) is 2.15. The van der Waals surface area contributed by atoms with Gasteiger partial charge in [0, 0.05) is 18.7 Å². The van der Waals surface area contributed by atoms with Crippen molar-refractivity contribution in [1.82, 2.24) is 4.98 Å². The minimum Gasteiger partial charge on any atom is -0.384 e. The molecule has 0 spiro atoms. The van der Waals surface area contributed by atoms with E-state index in [1.54, 1.807) is 18.3 Å². The van der Waals surface area contributed by atoms with Gasteiger partial charge in [-0.15, -0.1) is 0 Å². The highest BCUT2D eigenvalue weighted by Crippen LogP contribution is 2.01. The summed E-state index contributed by atoms with van der Waals surface area (Å²) in [5, 5.41) is 0.0785. The van der Waals surface area contributed by atoms with Crippen molar-refractivity contribution in [2.75, 3.05) is 11.5 Å². The van der Waals surface area contributed by atoms with Gasteiger partial charge in [-0.05, 0) is 12.1 Å². The standard InChI is InChI=1S/C10H10N2OS/c1-8(13)14-6-2-3-9-4-5-10(11)12-7-9/h4-5,7H,6H2,1H3,(H2,11,12). The molecule has 0 atom stereocenters. The van der Waals surface area contributed by atoms with Crippen molar-refractivity contribution < 1.29 is 4.79 Å². The monoisotopic (exact) mass is 206 g/mol. The van der Waals surface area contributed by atoms with Crippen LogP contribution >= 0.6 is 11.8 Å². The Morgan fingerprint density at radius 3 is 3.00 bits per heavy atom. The van der Waals surface area contributed by atoms with Gasteiger partial charge in [-0.3, -0.25) is 4.79 Å². The van der Waals surface area contributed by atoms with Crippen molar-refractivity contribution in [2.24, 2.45) is 0 Å². The Bertz CT molecular complexity index is 375. The van der Waals surface area contributed by atoms with Crippen LogP contribution in [0.2, 0.25) is 0 Å². The van der Waals surface area contributed by atoms with Gasteiger partial charge in [0.1, 0.15) is 5.82 Å². The van der Waals surface area contributed by atoms with Crippen molar-refractivity contribution in [3.8, 4) is 11.8 Å². The molecule has 0 saturated heterocycles. The summed E-state index contributed by atoms with van der Waals surface area (Å²) < 4.78 is 0. The van der Waals surface area contributed by atoms with Gasteiger partial charge in [0.2, 0.25) is 0 Å². The fraction of sp³-hybridized carbons (Fsp3) is 0.200. The molecule has 1 heterocycles. The van der Waals surface area contributed by atoms with Crippen LogP contribution in [0.1, 0.15) is 12.5 Å². The molecular formula is C10H10N2OS. The molecule has 0 radical (unpaired) electrons. The summed E-state index contributed by atoms with van der Waals surface area (Å²) in [6, 6.07) is 3.50. The Hall–Kier alpha value is -1.47. The molecule has 1 aromatic rings. The summed E-state index contributed by atoms with van der Waals surface area (Å²) in [6.07, 6.45) is 1.61. The predicted molar refractivity (Wildman–Crippen MR) is 58.7 cm³/mol. The zero-order chi connectivity index (χ0) is 10.4. The molecule has 1 rings (SSSR count). The van der Waals surface area contributed by atoms with Crippen LogP contribution in [-0.2, 0) is 4.79 Å². The summed E-state index contributed by atoms with van der Waals surface area (Å²) in [5.74, 6) is 6.74. The lowest BCUT2D eigenvalue weighted by Crippen LogP contribution is -1.88. The summed E-state index contributed by atoms with van der Waals surface area (Å²) >= 11 is 1.20. The summed E-state index contributed by atoms with van der Waals surface area (Å²) in [6.45, 7) is 1.52. The van der Waals surface area contributed by atoms with Crippen LogP contribution in [0.25, 0.3) is 0 Å². The van der Waals surface area contributed by atoms with Gasteiger partial charge in [0.15, 0.2) is 5.12 Å². The van der Waals surface area contributed by atoms with E-state index in [-0.39, 0.29) is 5.12 Å². The van der Waals surface area contributed by atoms with E-state index in [0.717, 1.165) is 5.56 Å². The van der Waals surface area contributed by atoms with Crippen LogP contribution in [0, 0.1) is 11.8 Å². The largest absolute Gasteiger partial charge is 0.384 e. The number of aromatic nitrogens is 1. The van der Waals surface area contributed by atoms with Crippen molar-refractivity contribution in [1.29, 1.82) is 0 Å². The van der Waals surface area contributed by atoms with Gasteiger partial charge in [-0.1, -0.05) is 23.6 Å². The first kappa shape index (κ1) is 10.6. The van der Waals surface area contributed by atoms with E-state index < -0.39 is 0 Å². The van der Waals surface area contributed by atoms with E-state index in [1.807, 2.05) is 0 Å². The van der Waals surface area contributed by atoms with Gasteiger partial charge < -0.3 is 5.73 Å². The Balaban J connectivity index is 2.51. The maximum atomic E-state index is 10.6. The lowest BCUT2D eigenvalue weighted by molar-refractivity contribution is -0.109. The molecule has 0 aliphatic carbocycles. The number of anilines is 1. The number of pyridine rings is 1. The summed E-state index contributed by atoms with van der Waals surface area (Å²) in [5.41, 5.74) is 6.22. The molecule has 0 aliphatic rings. The van der Waals surface area contributed by atoms with Gasteiger partial charge in [-0.25, -0.2) is 4.98 Å². The molecule has 0 bridgehead atoms. The van der Waals surface area contributed by atoms with Crippen LogP contribution in [0.5, 0.6) is 0 Å². The highest BCUT2D eigenvalue weighted by molar-refractivity contribution is 8.13. The number of hydrogen-bond donors (Lipinski definition) is 1. The van der Waals surface area contributed by atoms with Crippen LogP contribution in [-0.4, -0.2) is 15.9 Å². The maximum absolute atomic E-state index is 10.6. The molecule has 0 saturated carbocycles. The number of carbonyl (C=O) groups excluding carboxylic acids is 1. The lowest BCUT2D eigenvalue weighted by Gasteiger charge is -1.90. The van der Waals surface area contributed by atoms with Crippen molar-refractivity contribution in [3.63, 3.8) is 0 Å². The molecule has 3 nitrogen and oxygen atoms in total. The third-order valence-corrected chi connectivity index (χ3v) is 2.06. The van der Waals surface area contributed by atoms with Gasteiger partial charge in [0.05, 0.1) is 5.75 Å². The van der Waals surface area contributed by atoms with E-state index in [0.29, 0.717) is 11.6 Å². The molecule has 1 aromatic heterocycles. The van der Waals surface area contributed by atoms with E-state index in [1.165, 1.54) is 18.7 Å². The molecule has 72 valence electrons. The highest BCUT2D eigenvalue weighted by atomic mass is 32.2. The molecular weight excluding hydrogens is 196 g/mol. The smallest absolute Gasteiger partial charge is 0.186 e. The number of nitrogens with two attached hydrogens (primary N) is 1. The second-order valence-electron chi connectivity index (χ2n) is 2.55. The quantitative estimate of drug-likeness (QED) is 0.703. The number of rotatable bonds is 1. The molecule has 0 aromatic carbocycles. The third-order valence-electron chi connectivity index (χ3n) is 1.37. The topological polar surface area (TPSA) is 56.0 Å². The number of nitrogen functional groups attached to an aromatic ring is 1. The number of nitrogens with zero attached hydrogens (tertiary/aromatic N) is 1. The Morgan fingerprint density at radius 2 is 2.43 bits per heavy atom. The maximum Gasteiger partial charge on any atom is 0.186 e. The van der Waals surface area contributed by atoms with E-state index >= 15 is 0 Å². The molecule has 0 fully saturated rings. The zero-order valence-corrected chi connectivity index (χ0v) is 8.60. The van der Waals surface area contributed by atoms with Crippen LogP contribution in [0.15, 0.2) is 18.3 Å². The Morgan fingerprint density at radius 1 is 1.64 bits per heavy atom. The van der Waals surface area contributed by atoms with Crippen molar-refractivity contribution in [3.05, 3.63) is 23.9 Å². The molecule has 14 heavy (non-hydrogen) atoms. The second kappa shape index (κ2) is 5.30. The molecule has 0 unspecified atom stereocenters. The van der Waals surface area contributed by atoms with Crippen LogP contribution < -0.4 is 5.73 Å². The molecule has 2 N–H and O–H groups in total.